The molecule has 16 heavy (non-hydrogen) atoms. The molecule has 0 saturated carbocycles. The van der Waals surface area contributed by atoms with Crippen LogP contribution >= 0.6 is 23.2 Å². The van der Waals surface area contributed by atoms with E-state index in [1.807, 2.05) is 6.92 Å². The molecule has 1 heterocycles. The second-order valence-electron chi connectivity index (χ2n) is 3.13. The molecule has 0 saturated heterocycles. The van der Waals surface area contributed by atoms with Crippen LogP contribution in [0.5, 0.6) is 5.75 Å². The van der Waals surface area contributed by atoms with E-state index in [0.29, 0.717) is 23.7 Å². The molecule has 0 unspecified atom stereocenters. The largest absolute Gasteiger partial charge is 0.506 e. The summed E-state index contributed by atoms with van der Waals surface area (Å²) < 4.78 is 4.97. The van der Waals surface area contributed by atoms with Gasteiger partial charge in [0.2, 0.25) is 11.7 Å². The van der Waals surface area contributed by atoms with Crippen LogP contribution in [0.4, 0.5) is 0 Å². The van der Waals surface area contributed by atoms with Crippen LogP contribution < -0.4 is 0 Å². The Balaban J connectivity index is 2.52. The van der Waals surface area contributed by atoms with Crippen molar-refractivity contribution in [1.29, 1.82) is 0 Å². The van der Waals surface area contributed by atoms with Gasteiger partial charge in [-0.2, -0.15) is 4.98 Å². The summed E-state index contributed by atoms with van der Waals surface area (Å²) in [5.74, 6) is 0.814. The number of aromatic nitrogens is 2. The SMILES string of the molecule is CCc1nc(-c2ccc(O)c(Cl)c2Cl)no1. The van der Waals surface area contributed by atoms with Gasteiger partial charge in [0.05, 0.1) is 5.02 Å². The maximum atomic E-state index is 9.34. The molecular weight excluding hydrogens is 251 g/mol. The van der Waals surface area contributed by atoms with Crippen LogP contribution in [0.2, 0.25) is 10.0 Å². The van der Waals surface area contributed by atoms with Crippen molar-refractivity contribution in [2.45, 2.75) is 13.3 Å². The molecule has 0 spiro atoms. The first-order valence-electron chi connectivity index (χ1n) is 4.63. The Labute approximate surface area is 102 Å². The van der Waals surface area contributed by atoms with E-state index in [4.69, 9.17) is 27.7 Å². The first kappa shape index (κ1) is 11.2. The summed E-state index contributed by atoms with van der Waals surface area (Å²) in [5.41, 5.74) is 0.535. The monoisotopic (exact) mass is 258 g/mol. The van der Waals surface area contributed by atoms with Gasteiger partial charge in [0.1, 0.15) is 10.8 Å². The third kappa shape index (κ3) is 1.86. The highest BCUT2D eigenvalue weighted by Crippen LogP contribution is 2.37. The second-order valence-corrected chi connectivity index (χ2v) is 3.88. The summed E-state index contributed by atoms with van der Waals surface area (Å²) in [6.07, 6.45) is 0.649. The topological polar surface area (TPSA) is 59.2 Å². The minimum Gasteiger partial charge on any atom is -0.506 e. The molecule has 0 bridgehead atoms. The standard InChI is InChI=1S/C10H8Cl2N2O2/c1-2-7-13-10(14-16-7)5-3-4-6(15)9(12)8(5)11/h3-4,15H,2H2,1H3. The fraction of sp³-hybridized carbons (Fsp3) is 0.200. The van der Waals surface area contributed by atoms with Gasteiger partial charge < -0.3 is 9.63 Å². The molecule has 1 aromatic heterocycles. The van der Waals surface area contributed by atoms with Crippen molar-refractivity contribution in [2.75, 3.05) is 0 Å². The molecule has 2 aromatic rings. The molecule has 0 aliphatic carbocycles. The summed E-state index contributed by atoms with van der Waals surface area (Å²) in [6.45, 7) is 1.91. The van der Waals surface area contributed by atoms with E-state index in [1.165, 1.54) is 6.07 Å². The summed E-state index contributed by atoms with van der Waals surface area (Å²) >= 11 is 11.8. The molecule has 4 nitrogen and oxygen atoms in total. The van der Waals surface area contributed by atoms with Crippen molar-refractivity contribution < 1.29 is 9.63 Å². The van der Waals surface area contributed by atoms with Crippen LogP contribution in [-0.4, -0.2) is 15.2 Å². The molecule has 1 N–H and O–H groups in total. The first-order chi connectivity index (χ1) is 7.63. The number of hydrogen-bond acceptors (Lipinski definition) is 4. The molecule has 6 heteroatoms. The van der Waals surface area contributed by atoms with E-state index in [1.54, 1.807) is 6.07 Å². The zero-order valence-electron chi connectivity index (χ0n) is 8.37. The Morgan fingerprint density at radius 1 is 1.31 bits per heavy atom. The number of aromatic hydroxyl groups is 1. The van der Waals surface area contributed by atoms with Gasteiger partial charge in [-0.1, -0.05) is 35.3 Å². The lowest BCUT2D eigenvalue weighted by molar-refractivity contribution is 0.383. The van der Waals surface area contributed by atoms with Gasteiger partial charge in [-0.05, 0) is 12.1 Å². The number of halogens is 2. The number of phenolic OH excluding ortho intramolecular Hbond substituents is 1. The van der Waals surface area contributed by atoms with Crippen LogP contribution in [-0.2, 0) is 6.42 Å². The maximum absolute atomic E-state index is 9.34. The third-order valence-corrected chi connectivity index (χ3v) is 2.95. The van der Waals surface area contributed by atoms with Crippen molar-refractivity contribution in [1.82, 2.24) is 10.1 Å². The lowest BCUT2D eigenvalue weighted by Gasteiger charge is -2.02. The van der Waals surface area contributed by atoms with Crippen LogP contribution in [0.25, 0.3) is 11.4 Å². The first-order valence-corrected chi connectivity index (χ1v) is 5.39. The number of benzene rings is 1. The summed E-state index contributed by atoms with van der Waals surface area (Å²) in [6, 6.07) is 3.03. The third-order valence-electron chi connectivity index (χ3n) is 2.07. The highest BCUT2D eigenvalue weighted by molar-refractivity contribution is 6.44. The minimum atomic E-state index is -0.0744. The Morgan fingerprint density at radius 3 is 2.69 bits per heavy atom. The van der Waals surface area contributed by atoms with Gasteiger partial charge in [0, 0.05) is 12.0 Å². The maximum Gasteiger partial charge on any atom is 0.226 e. The zero-order valence-corrected chi connectivity index (χ0v) is 9.88. The number of rotatable bonds is 2. The van der Waals surface area contributed by atoms with Crippen LogP contribution in [0.15, 0.2) is 16.7 Å². The second kappa shape index (κ2) is 4.31. The summed E-state index contributed by atoms with van der Waals surface area (Å²) in [4.78, 5) is 4.13. The molecule has 0 aliphatic heterocycles. The van der Waals surface area contributed by atoms with Crippen LogP contribution in [0.1, 0.15) is 12.8 Å². The van der Waals surface area contributed by atoms with E-state index in [9.17, 15) is 5.11 Å². The number of phenols is 1. The smallest absolute Gasteiger partial charge is 0.226 e. The molecule has 0 atom stereocenters. The molecular formula is C10H8Cl2N2O2. The molecule has 2 rings (SSSR count). The van der Waals surface area contributed by atoms with Gasteiger partial charge in [-0.15, -0.1) is 0 Å². The number of aryl methyl sites for hydroxylation is 1. The van der Waals surface area contributed by atoms with Crippen molar-refractivity contribution >= 4 is 23.2 Å². The average Bonchev–Trinajstić information content (AvgIpc) is 2.74. The van der Waals surface area contributed by atoms with Crippen molar-refractivity contribution in [3.8, 4) is 17.1 Å². The predicted molar refractivity (Wildman–Crippen MR) is 60.8 cm³/mol. The molecule has 0 amide bonds. The lowest BCUT2D eigenvalue weighted by Crippen LogP contribution is -1.84. The number of hydrogen-bond donors (Lipinski definition) is 1. The van der Waals surface area contributed by atoms with Crippen molar-refractivity contribution in [3.05, 3.63) is 28.1 Å². The van der Waals surface area contributed by atoms with Gasteiger partial charge >= 0.3 is 0 Å². The quantitative estimate of drug-likeness (QED) is 0.898. The van der Waals surface area contributed by atoms with Crippen LogP contribution in [0, 0.1) is 0 Å². The summed E-state index contributed by atoms with van der Waals surface area (Å²) in [5, 5.41) is 13.4. The fourth-order valence-corrected chi connectivity index (χ4v) is 1.63. The van der Waals surface area contributed by atoms with Gasteiger partial charge in [0.25, 0.3) is 0 Å². The normalized spacial score (nSPS) is 10.7. The minimum absolute atomic E-state index is 0.0744. The molecule has 84 valence electrons. The van der Waals surface area contributed by atoms with E-state index in [2.05, 4.69) is 10.1 Å². The Hall–Kier alpha value is -1.26. The predicted octanol–water partition coefficient (Wildman–Crippen LogP) is 3.31. The van der Waals surface area contributed by atoms with Crippen molar-refractivity contribution in [3.63, 3.8) is 0 Å². The summed E-state index contributed by atoms with van der Waals surface area (Å²) in [7, 11) is 0. The van der Waals surface area contributed by atoms with Gasteiger partial charge in [0.15, 0.2) is 0 Å². The van der Waals surface area contributed by atoms with E-state index in [0.717, 1.165) is 0 Å². The molecule has 0 aliphatic rings. The highest BCUT2D eigenvalue weighted by Gasteiger charge is 2.15. The zero-order chi connectivity index (χ0) is 11.7. The van der Waals surface area contributed by atoms with E-state index >= 15 is 0 Å². The van der Waals surface area contributed by atoms with Crippen molar-refractivity contribution in [2.24, 2.45) is 0 Å². The van der Waals surface area contributed by atoms with E-state index in [-0.39, 0.29) is 15.8 Å². The van der Waals surface area contributed by atoms with Gasteiger partial charge in [-0.3, -0.25) is 0 Å². The van der Waals surface area contributed by atoms with E-state index < -0.39 is 0 Å². The molecule has 1 aromatic carbocycles. The van der Waals surface area contributed by atoms with Gasteiger partial charge in [-0.25, -0.2) is 0 Å². The molecule has 0 radical (unpaired) electrons. The highest BCUT2D eigenvalue weighted by atomic mass is 35.5. The molecule has 0 fully saturated rings. The fourth-order valence-electron chi connectivity index (χ4n) is 1.22. The number of nitrogens with zero attached hydrogens (tertiary/aromatic N) is 2. The average molecular weight is 259 g/mol. The Bertz CT molecular complexity index is 526. The Morgan fingerprint density at radius 2 is 2.06 bits per heavy atom. The lowest BCUT2D eigenvalue weighted by atomic mass is 10.2. The van der Waals surface area contributed by atoms with Crippen LogP contribution in [0.3, 0.4) is 0 Å². The Kier molecular flexibility index (Phi) is 3.03.